The molecule has 0 aliphatic heterocycles. The maximum absolute atomic E-state index is 13.3. The van der Waals surface area contributed by atoms with Crippen molar-refractivity contribution in [3.05, 3.63) is 82.9 Å². The zero-order chi connectivity index (χ0) is 19.2. The average molecular weight is 362 g/mol. The Kier molecular flexibility index (Phi) is 6.01. The Hall–Kier alpha value is -2.95. The van der Waals surface area contributed by atoms with Gasteiger partial charge in [0.15, 0.2) is 0 Å². The van der Waals surface area contributed by atoms with Gasteiger partial charge in [0.25, 0.3) is 5.91 Å². The van der Waals surface area contributed by atoms with Crippen molar-refractivity contribution < 1.29 is 4.79 Å². The van der Waals surface area contributed by atoms with Crippen LogP contribution in [0.3, 0.4) is 0 Å². The van der Waals surface area contributed by atoms with Crippen LogP contribution >= 0.6 is 0 Å². The van der Waals surface area contributed by atoms with E-state index in [1.807, 2.05) is 78.2 Å². The monoisotopic (exact) mass is 362 g/mol. The van der Waals surface area contributed by atoms with Crippen LogP contribution in [-0.4, -0.2) is 25.6 Å². The van der Waals surface area contributed by atoms with Gasteiger partial charge >= 0.3 is 0 Å². The van der Waals surface area contributed by atoms with Crippen molar-refractivity contribution in [3.8, 4) is 0 Å². The number of benzene rings is 1. The van der Waals surface area contributed by atoms with Gasteiger partial charge in [0.2, 0.25) is 0 Å². The molecule has 0 saturated carbocycles. The highest BCUT2D eigenvalue weighted by Gasteiger charge is 2.21. The zero-order valence-corrected chi connectivity index (χ0v) is 16.2. The maximum Gasteiger partial charge on any atom is 0.257 e. The number of aryl methyl sites for hydroxylation is 3. The van der Waals surface area contributed by atoms with Gasteiger partial charge in [-0.05, 0) is 38.0 Å². The fraction of sp³-hybridized carbons (Fsp3) is 0.318. The van der Waals surface area contributed by atoms with Crippen LogP contribution in [0.4, 0.5) is 0 Å². The summed E-state index contributed by atoms with van der Waals surface area (Å²) >= 11 is 0. The fourth-order valence-electron chi connectivity index (χ4n) is 3.13. The zero-order valence-electron chi connectivity index (χ0n) is 16.2. The normalized spacial score (nSPS) is 10.8. The number of rotatable bonds is 7. The molecule has 0 N–H and O–H groups in total. The second kappa shape index (κ2) is 8.62. The first-order valence-corrected chi connectivity index (χ1v) is 9.36. The molecule has 0 bridgehead atoms. The molecule has 0 unspecified atom stereocenters. The number of hydrogen-bond donors (Lipinski definition) is 0. The lowest BCUT2D eigenvalue weighted by Gasteiger charge is -2.22. The van der Waals surface area contributed by atoms with Crippen LogP contribution in [0, 0.1) is 13.8 Å². The van der Waals surface area contributed by atoms with E-state index < -0.39 is 0 Å². The highest BCUT2D eigenvalue weighted by atomic mass is 16.2. The average Bonchev–Trinajstić information content (AvgIpc) is 3.02. The molecule has 0 atom stereocenters. The van der Waals surface area contributed by atoms with E-state index in [4.69, 9.17) is 0 Å². The first-order valence-electron chi connectivity index (χ1n) is 9.36. The number of carbonyl (C=O) groups excluding carboxylic acids is 1. The third-order valence-corrected chi connectivity index (χ3v) is 4.43. The largest absolute Gasteiger partial charge is 0.328 e. The van der Waals surface area contributed by atoms with E-state index in [0.29, 0.717) is 18.7 Å². The van der Waals surface area contributed by atoms with Crippen molar-refractivity contribution in [3.63, 3.8) is 0 Å². The minimum atomic E-state index is -0.0120. The van der Waals surface area contributed by atoms with Crippen molar-refractivity contribution in [1.29, 1.82) is 0 Å². The summed E-state index contributed by atoms with van der Waals surface area (Å²) in [5, 5.41) is 4.49. The van der Waals surface area contributed by atoms with Crippen molar-refractivity contribution in [2.45, 2.75) is 46.8 Å². The Morgan fingerprint density at radius 1 is 1.04 bits per heavy atom. The Balaban J connectivity index is 1.89. The molecule has 0 spiro atoms. The predicted molar refractivity (Wildman–Crippen MR) is 106 cm³/mol. The van der Waals surface area contributed by atoms with Crippen molar-refractivity contribution >= 4 is 5.91 Å². The van der Waals surface area contributed by atoms with Crippen molar-refractivity contribution in [2.75, 3.05) is 0 Å². The fourth-order valence-corrected chi connectivity index (χ4v) is 3.13. The summed E-state index contributed by atoms with van der Waals surface area (Å²) in [6.07, 6.45) is 2.85. The van der Waals surface area contributed by atoms with Crippen LogP contribution in [0.1, 0.15) is 46.3 Å². The molecule has 0 saturated heterocycles. The summed E-state index contributed by atoms with van der Waals surface area (Å²) in [4.78, 5) is 19.7. The van der Waals surface area contributed by atoms with Crippen LogP contribution in [0.15, 0.2) is 54.7 Å². The first kappa shape index (κ1) is 18.8. The molecule has 3 aromatic rings. The van der Waals surface area contributed by atoms with E-state index in [-0.39, 0.29) is 5.91 Å². The van der Waals surface area contributed by atoms with Gasteiger partial charge in [-0.2, -0.15) is 5.10 Å². The highest BCUT2D eigenvalue weighted by molar-refractivity contribution is 5.95. The molecule has 2 aromatic heterocycles. The van der Waals surface area contributed by atoms with E-state index in [9.17, 15) is 4.79 Å². The third kappa shape index (κ3) is 4.82. The van der Waals surface area contributed by atoms with Gasteiger partial charge < -0.3 is 4.90 Å². The molecule has 5 nitrogen and oxygen atoms in total. The summed E-state index contributed by atoms with van der Waals surface area (Å²) in [5.74, 6) is -0.0120. The number of nitrogens with zero attached hydrogens (tertiary/aromatic N) is 4. The quantitative estimate of drug-likeness (QED) is 0.634. The summed E-state index contributed by atoms with van der Waals surface area (Å²) in [7, 11) is 0. The van der Waals surface area contributed by atoms with Gasteiger partial charge in [-0.1, -0.05) is 43.3 Å². The lowest BCUT2D eigenvalue weighted by molar-refractivity contribution is 0.0727. The molecule has 140 valence electrons. The van der Waals surface area contributed by atoms with Crippen LogP contribution in [0.2, 0.25) is 0 Å². The molecule has 2 heterocycles. The second-order valence-electron chi connectivity index (χ2n) is 6.81. The summed E-state index contributed by atoms with van der Waals surface area (Å²) in [6, 6.07) is 16.0. The Morgan fingerprint density at radius 2 is 1.81 bits per heavy atom. The Labute approximate surface area is 160 Å². The molecular formula is C22H26N4O. The molecule has 1 aromatic carbocycles. The predicted octanol–water partition coefficient (Wildman–Crippen LogP) is 4.15. The van der Waals surface area contributed by atoms with E-state index in [1.54, 1.807) is 0 Å². The van der Waals surface area contributed by atoms with Gasteiger partial charge in [-0.15, -0.1) is 0 Å². The van der Waals surface area contributed by atoms with E-state index in [0.717, 1.165) is 35.6 Å². The number of pyridine rings is 1. The van der Waals surface area contributed by atoms with Crippen molar-refractivity contribution in [1.82, 2.24) is 19.7 Å². The number of hydrogen-bond acceptors (Lipinski definition) is 3. The van der Waals surface area contributed by atoms with Crippen LogP contribution < -0.4 is 0 Å². The van der Waals surface area contributed by atoms with Gasteiger partial charge in [-0.25, -0.2) is 0 Å². The van der Waals surface area contributed by atoms with Crippen LogP contribution in [0.5, 0.6) is 0 Å². The van der Waals surface area contributed by atoms with E-state index in [2.05, 4.69) is 17.0 Å². The lowest BCUT2D eigenvalue weighted by Crippen LogP contribution is -2.30. The van der Waals surface area contributed by atoms with Crippen LogP contribution in [-0.2, 0) is 19.6 Å². The minimum Gasteiger partial charge on any atom is -0.328 e. The van der Waals surface area contributed by atoms with Gasteiger partial charge in [-0.3, -0.25) is 14.5 Å². The lowest BCUT2D eigenvalue weighted by atomic mass is 10.1. The standard InChI is InChI=1S/C22H26N4O/c1-4-13-26-16-21(18(3)24-26)22(27)25(14-19-10-6-5-7-11-19)15-20-12-8-9-17(2)23-20/h5-12,16H,4,13-15H2,1-3H3. The molecule has 27 heavy (non-hydrogen) atoms. The number of aromatic nitrogens is 3. The number of amides is 1. The topological polar surface area (TPSA) is 51.0 Å². The smallest absolute Gasteiger partial charge is 0.257 e. The molecule has 0 fully saturated rings. The van der Waals surface area contributed by atoms with E-state index in [1.165, 1.54) is 0 Å². The van der Waals surface area contributed by atoms with Crippen molar-refractivity contribution in [2.24, 2.45) is 0 Å². The van der Waals surface area contributed by atoms with Crippen LogP contribution in [0.25, 0.3) is 0 Å². The summed E-state index contributed by atoms with van der Waals surface area (Å²) in [5.41, 5.74) is 4.36. The van der Waals surface area contributed by atoms with Gasteiger partial charge in [0.1, 0.15) is 0 Å². The Bertz CT molecular complexity index is 902. The van der Waals surface area contributed by atoms with Gasteiger partial charge in [0, 0.05) is 25.0 Å². The van der Waals surface area contributed by atoms with Gasteiger partial charge in [0.05, 0.1) is 23.5 Å². The maximum atomic E-state index is 13.3. The first-order chi connectivity index (χ1) is 13.1. The second-order valence-corrected chi connectivity index (χ2v) is 6.81. The molecule has 1 amide bonds. The molecule has 0 aliphatic rings. The molecule has 0 aliphatic carbocycles. The summed E-state index contributed by atoms with van der Waals surface area (Å²) in [6.45, 7) is 7.77. The number of carbonyl (C=O) groups is 1. The SMILES string of the molecule is CCCn1cc(C(=O)N(Cc2ccccc2)Cc2cccc(C)n2)c(C)n1. The Morgan fingerprint density at radius 3 is 2.52 bits per heavy atom. The molecular weight excluding hydrogens is 336 g/mol. The molecule has 0 radical (unpaired) electrons. The minimum absolute atomic E-state index is 0.0120. The highest BCUT2D eigenvalue weighted by Crippen LogP contribution is 2.16. The third-order valence-electron chi connectivity index (χ3n) is 4.43. The molecule has 3 rings (SSSR count). The summed E-state index contributed by atoms with van der Waals surface area (Å²) < 4.78 is 1.86. The molecule has 5 heteroatoms. The van der Waals surface area contributed by atoms with E-state index >= 15 is 0 Å².